The quantitative estimate of drug-likeness (QED) is 0.379. The van der Waals surface area contributed by atoms with E-state index in [2.05, 4.69) is 24.5 Å². The average Bonchev–Trinajstić information content (AvgIpc) is 2.66. The van der Waals surface area contributed by atoms with Crippen molar-refractivity contribution in [1.82, 2.24) is 10.6 Å². The van der Waals surface area contributed by atoms with Gasteiger partial charge < -0.3 is 20.1 Å². The molecule has 1 saturated carbocycles. The third-order valence-corrected chi connectivity index (χ3v) is 5.52. The van der Waals surface area contributed by atoms with Gasteiger partial charge in [0.25, 0.3) is 0 Å². The summed E-state index contributed by atoms with van der Waals surface area (Å²) in [7, 11) is 0. The van der Waals surface area contributed by atoms with Crippen molar-refractivity contribution in [3.05, 3.63) is 0 Å². The molecule has 1 heterocycles. The molecule has 2 aliphatic rings. The molecule has 0 atom stereocenters. The lowest BCUT2D eigenvalue weighted by molar-refractivity contribution is 0.0205. The molecule has 1 aliphatic heterocycles. The Morgan fingerprint density at radius 3 is 2.48 bits per heavy atom. The van der Waals surface area contributed by atoms with Crippen LogP contribution in [0.2, 0.25) is 0 Å². The second-order valence-corrected chi connectivity index (χ2v) is 7.52. The SMILES string of the molecule is CCNC(=NCCCOCC1CCOCC1)NC1CCC(CC)CC1. The van der Waals surface area contributed by atoms with E-state index in [0.717, 1.165) is 70.7 Å². The maximum atomic E-state index is 5.82. The predicted octanol–water partition coefficient (Wildman–Crippen LogP) is 3.34. The summed E-state index contributed by atoms with van der Waals surface area (Å²) in [6.07, 6.45) is 9.87. The third kappa shape index (κ3) is 8.41. The fraction of sp³-hybridized carbons (Fsp3) is 0.950. The summed E-state index contributed by atoms with van der Waals surface area (Å²) in [4.78, 5) is 4.73. The first-order valence-corrected chi connectivity index (χ1v) is 10.5. The Balaban J connectivity index is 1.58. The lowest BCUT2D eigenvalue weighted by atomic mass is 9.84. The molecule has 0 amide bonds. The molecule has 2 fully saturated rings. The molecule has 0 unspecified atom stereocenters. The molecule has 0 spiro atoms. The minimum Gasteiger partial charge on any atom is -0.381 e. The maximum Gasteiger partial charge on any atom is 0.191 e. The van der Waals surface area contributed by atoms with Crippen molar-refractivity contribution < 1.29 is 9.47 Å². The highest BCUT2D eigenvalue weighted by Crippen LogP contribution is 2.26. The van der Waals surface area contributed by atoms with Crippen molar-refractivity contribution in [2.24, 2.45) is 16.8 Å². The van der Waals surface area contributed by atoms with Gasteiger partial charge in [0.1, 0.15) is 0 Å². The highest BCUT2D eigenvalue weighted by Gasteiger charge is 2.20. The number of guanidine groups is 1. The fourth-order valence-corrected chi connectivity index (χ4v) is 3.75. The van der Waals surface area contributed by atoms with Crippen molar-refractivity contribution in [3.63, 3.8) is 0 Å². The number of ether oxygens (including phenoxy) is 2. The van der Waals surface area contributed by atoms with Crippen LogP contribution in [0.3, 0.4) is 0 Å². The van der Waals surface area contributed by atoms with Gasteiger partial charge in [0.15, 0.2) is 5.96 Å². The molecule has 1 saturated heterocycles. The molecule has 0 aromatic rings. The normalized spacial score (nSPS) is 25.8. The Morgan fingerprint density at radius 1 is 1.04 bits per heavy atom. The van der Waals surface area contributed by atoms with Crippen LogP contribution in [0.15, 0.2) is 4.99 Å². The van der Waals surface area contributed by atoms with Crippen LogP contribution in [0.5, 0.6) is 0 Å². The molecule has 25 heavy (non-hydrogen) atoms. The predicted molar refractivity (Wildman–Crippen MR) is 104 cm³/mol. The van der Waals surface area contributed by atoms with Gasteiger partial charge in [0.2, 0.25) is 0 Å². The highest BCUT2D eigenvalue weighted by atomic mass is 16.5. The van der Waals surface area contributed by atoms with Gasteiger partial charge in [-0.3, -0.25) is 4.99 Å². The van der Waals surface area contributed by atoms with Gasteiger partial charge in [-0.25, -0.2) is 0 Å². The number of hydrogen-bond donors (Lipinski definition) is 2. The Labute approximate surface area is 154 Å². The second kappa shape index (κ2) is 12.5. The summed E-state index contributed by atoms with van der Waals surface area (Å²) >= 11 is 0. The lowest BCUT2D eigenvalue weighted by Crippen LogP contribution is -2.45. The van der Waals surface area contributed by atoms with Crippen molar-refractivity contribution in [2.45, 2.75) is 71.3 Å². The summed E-state index contributed by atoms with van der Waals surface area (Å²) in [5.74, 6) is 2.60. The van der Waals surface area contributed by atoms with E-state index >= 15 is 0 Å². The van der Waals surface area contributed by atoms with Gasteiger partial charge in [0.05, 0.1) is 0 Å². The number of nitrogens with one attached hydrogen (secondary N) is 2. The number of aliphatic imine (C=N–C) groups is 1. The van der Waals surface area contributed by atoms with Crippen LogP contribution in [-0.4, -0.2) is 51.5 Å². The van der Waals surface area contributed by atoms with Crippen molar-refractivity contribution in [3.8, 4) is 0 Å². The first-order chi connectivity index (χ1) is 12.3. The van der Waals surface area contributed by atoms with Gasteiger partial charge >= 0.3 is 0 Å². The number of rotatable bonds is 9. The molecule has 0 bridgehead atoms. The molecule has 1 aliphatic carbocycles. The maximum absolute atomic E-state index is 5.82. The topological polar surface area (TPSA) is 54.9 Å². The Hall–Kier alpha value is -0.810. The minimum absolute atomic E-state index is 0.588. The van der Waals surface area contributed by atoms with E-state index in [1.807, 2.05) is 0 Å². The number of hydrogen-bond acceptors (Lipinski definition) is 3. The van der Waals surface area contributed by atoms with Crippen molar-refractivity contribution in [2.75, 3.05) is 39.5 Å². The van der Waals surface area contributed by atoms with E-state index in [4.69, 9.17) is 14.5 Å². The first kappa shape index (κ1) is 20.5. The highest BCUT2D eigenvalue weighted by molar-refractivity contribution is 5.80. The van der Waals surface area contributed by atoms with Crippen LogP contribution in [0.25, 0.3) is 0 Å². The zero-order valence-corrected chi connectivity index (χ0v) is 16.4. The van der Waals surface area contributed by atoms with E-state index in [1.54, 1.807) is 0 Å². The first-order valence-electron chi connectivity index (χ1n) is 10.5. The van der Waals surface area contributed by atoms with Gasteiger partial charge in [-0.1, -0.05) is 13.3 Å². The van der Waals surface area contributed by atoms with E-state index in [1.165, 1.54) is 32.1 Å². The van der Waals surface area contributed by atoms with Gasteiger partial charge in [-0.2, -0.15) is 0 Å². The van der Waals surface area contributed by atoms with Crippen molar-refractivity contribution in [1.29, 1.82) is 0 Å². The summed E-state index contributed by atoms with van der Waals surface area (Å²) in [5.41, 5.74) is 0. The molecular formula is C20H39N3O2. The van der Waals surface area contributed by atoms with E-state index in [0.29, 0.717) is 12.0 Å². The Kier molecular flexibility index (Phi) is 10.3. The largest absolute Gasteiger partial charge is 0.381 e. The van der Waals surface area contributed by atoms with Crippen molar-refractivity contribution >= 4 is 5.96 Å². The van der Waals surface area contributed by atoms with E-state index in [-0.39, 0.29) is 0 Å². The van der Waals surface area contributed by atoms with E-state index < -0.39 is 0 Å². The molecule has 0 radical (unpaired) electrons. The molecule has 0 aromatic carbocycles. The molecule has 5 nitrogen and oxygen atoms in total. The van der Waals surface area contributed by atoms with Crippen LogP contribution in [0, 0.1) is 11.8 Å². The Morgan fingerprint density at radius 2 is 1.80 bits per heavy atom. The summed E-state index contributed by atoms with van der Waals surface area (Å²) in [5, 5.41) is 7.01. The summed E-state index contributed by atoms with van der Waals surface area (Å²) < 4.78 is 11.2. The second-order valence-electron chi connectivity index (χ2n) is 7.52. The number of nitrogens with zero attached hydrogens (tertiary/aromatic N) is 1. The van der Waals surface area contributed by atoms with Gasteiger partial charge in [-0.05, 0) is 63.7 Å². The van der Waals surface area contributed by atoms with Gasteiger partial charge in [0, 0.05) is 45.6 Å². The molecule has 2 rings (SSSR count). The zero-order valence-electron chi connectivity index (χ0n) is 16.4. The molecular weight excluding hydrogens is 314 g/mol. The smallest absolute Gasteiger partial charge is 0.191 e. The summed E-state index contributed by atoms with van der Waals surface area (Å²) in [6.45, 7) is 9.67. The van der Waals surface area contributed by atoms with E-state index in [9.17, 15) is 0 Å². The Bertz CT molecular complexity index is 362. The zero-order chi connectivity index (χ0) is 17.7. The molecule has 5 heteroatoms. The molecule has 0 aromatic heterocycles. The van der Waals surface area contributed by atoms with Crippen LogP contribution >= 0.6 is 0 Å². The monoisotopic (exact) mass is 353 g/mol. The standard InChI is InChI=1S/C20H39N3O2/c1-3-17-6-8-19(9-7-17)23-20(21-4-2)22-12-5-13-25-16-18-10-14-24-15-11-18/h17-19H,3-16H2,1-2H3,(H2,21,22,23). The van der Waals surface area contributed by atoms with Crippen LogP contribution < -0.4 is 10.6 Å². The van der Waals surface area contributed by atoms with Crippen LogP contribution in [0.1, 0.15) is 65.2 Å². The van der Waals surface area contributed by atoms with Crippen LogP contribution in [-0.2, 0) is 9.47 Å². The molecule has 2 N–H and O–H groups in total. The van der Waals surface area contributed by atoms with Crippen LogP contribution in [0.4, 0.5) is 0 Å². The molecule has 146 valence electrons. The average molecular weight is 354 g/mol. The van der Waals surface area contributed by atoms with Gasteiger partial charge in [-0.15, -0.1) is 0 Å². The summed E-state index contributed by atoms with van der Waals surface area (Å²) in [6, 6.07) is 0.588. The third-order valence-electron chi connectivity index (χ3n) is 5.52. The minimum atomic E-state index is 0.588. The fourth-order valence-electron chi connectivity index (χ4n) is 3.75. The lowest BCUT2D eigenvalue weighted by Gasteiger charge is -2.29.